The van der Waals surface area contributed by atoms with Crippen molar-refractivity contribution in [2.45, 2.75) is 25.8 Å². The van der Waals surface area contributed by atoms with Crippen molar-refractivity contribution in [1.82, 2.24) is 15.1 Å². The molecule has 1 aliphatic carbocycles. The summed E-state index contributed by atoms with van der Waals surface area (Å²) in [6.07, 6.45) is 4.44. The van der Waals surface area contributed by atoms with Gasteiger partial charge < -0.3 is 5.32 Å². The van der Waals surface area contributed by atoms with E-state index in [0.717, 1.165) is 31.5 Å². The minimum absolute atomic E-state index is 0.846. The Morgan fingerprint density at radius 3 is 3.00 bits per heavy atom. The van der Waals surface area contributed by atoms with Gasteiger partial charge in [-0.3, -0.25) is 4.90 Å². The molecule has 0 amide bonds. The topological polar surface area (TPSA) is 41.0 Å². The third-order valence-electron chi connectivity index (χ3n) is 2.75. The lowest BCUT2D eigenvalue weighted by molar-refractivity contribution is 0.289. The Hall–Kier alpha value is -1.16. The van der Waals surface area contributed by atoms with Crippen molar-refractivity contribution in [2.75, 3.05) is 25.0 Å². The molecule has 0 aromatic carbocycles. The Morgan fingerprint density at radius 1 is 1.53 bits per heavy atom. The van der Waals surface area contributed by atoms with E-state index in [1.165, 1.54) is 12.8 Å². The molecule has 1 aliphatic rings. The number of nitrogens with one attached hydrogen (secondary N) is 1. The highest BCUT2D eigenvalue weighted by molar-refractivity contribution is 5.31. The average molecular weight is 206 g/mol. The Morgan fingerprint density at radius 2 is 2.40 bits per heavy atom. The molecule has 0 aliphatic heterocycles. The van der Waals surface area contributed by atoms with Gasteiger partial charge in [-0.1, -0.05) is 6.92 Å². The molecule has 1 aromatic heterocycles. The van der Waals surface area contributed by atoms with Crippen molar-refractivity contribution in [3.8, 4) is 0 Å². The van der Waals surface area contributed by atoms with Gasteiger partial charge in [0.15, 0.2) is 0 Å². The van der Waals surface area contributed by atoms with Gasteiger partial charge in [0.05, 0.1) is 0 Å². The first-order chi connectivity index (χ1) is 7.40. The van der Waals surface area contributed by atoms with Crippen LogP contribution in [-0.2, 0) is 0 Å². The fraction of sp³-hybridized carbons (Fsp3) is 0.636. The molecule has 0 spiro atoms. The van der Waals surface area contributed by atoms with Crippen LogP contribution in [0.3, 0.4) is 0 Å². The zero-order chi connectivity index (χ0) is 10.5. The van der Waals surface area contributed by atoms with E-state index in [-0.39, 0.29) is 0 Å². The van der Waals surface area contributed by atoms with Crippen LogP contribution in [0.1, 0.15) is 19.8 Å². The van der Waals surface area contributed by atoms with Crippen molar-refractivity contribution in [3.63, 3.8) is 0 Å². The first-order valence-electron chi connectivity index (χ1n) is 5.65. The second-order valence-corrected chi connectivity index (χ2v) is 3.90. The Labute approximate surface area is 90.7 Å². The minimum atomic E-state index is 0.846. The Balaban J connectivity index is 1.69. The largest absolute Gasteiger partial charge is 0.367 e. The summed E-state index contributed by atoms with van der Waals surface area (Å²) >= 11 is 0. The lowest BCUT2D eigenvalue weighted by atomic mass is 10.4. The maximum Gasteiger partial charge on any atom is 0.148 e. The minimum Gasteiger partial charge on any atom is -0.367 e. The second kappa shape index (κ2) is 5.07. The summed E-state index contributed by atoms with van der Waals surface area (Å²) in [5.41, 5.74) is 0. The van der Waals surface area contributed by atoms with E-state index in [1.54, 1.807) is 6.20 Å². The van der Waals surface area contributed by atoms with Crippen LogP contribution in [0.5, 0.6) is 0 Å². The molecule has 4 nitrogen and oxygen atoms in total. The van der Waals surface area contributed by atoms with Crippen LogP contribution in [0.2, 0.25) is 0 Å². The SMILES string of the molecule is CCN(CCNc1cccnn1)C1CC1. The summed E-state index contributed by atoms with van der Waals surface area (Å²) in [6.45, 7) is 5.41. The molecular weight excluding hydrogens is 188 g/mol. The van der Waals surface area contributed by atoms with Gasteiger partial charge in [0, 0.05) is 25.3 Å². The standard InChI is InChI=1S/C11H18N4/c1-2-15(10-5-6-10)9-8-12-11-4-3-7-13-14-11/h3-4,7,10H,2,5-6,8-9H2,1H3,(H,12,14). The predicted molar refractivity (Wildman–Crippen MR) is 60.8 cm³/mol. The van der Waals surface area contributed by atoms with Crippen molar-refractivity contribution >= 4 is 5.82 Å². The molecule has 0 unspecified atom stereocenters. The van der Waals surface area contributed by atoms with Crippen LogP contribution in [0.4, 0.5) is 5.82 Å². The average Bonchev–Trinajstić information content (AvgIpc) is 3.10. The maximum absolute atomic E-state index is 3.98. The quantitative estimate of drug-likeness (QED) is 0.763. The lowest BCUT2D eigenvalue weighted by Gasteiger charge is -2.19. The van der Waals surface area contributed by atoms with Crippen molar-refractivity contribution < 1.29 is 0 Å². The normalized spacial score (nSPS) is 15.6. The van der Waals surface area contributed by atoms with Gasteiger partial charge in [-0.05, 0) is 31.5 Å². The third-order valence-corrected chi connectivity index (χ3v) is 2.75. The zero-order valence-electron chi connectivity index (χ0n) is 9.19. The summed E-state index contributed by atoms with van der Waals surface area (Å²) in [5.74, 6) is 0.865. The number of likely N-dealkylation sites (N-methyl/N-ethyl adjacent to an activating group) is 1. The molecule has 2 rings (SSSR count). The van der Waals surface area contributed by atoms with E-state index >= 15 is 0 Å². The molecule has 1 heterocycles. The molecule has 1 aromatic rings. The summed E-state index contributed by atoms with van der Waals surface area (Å²) < 4.78 is 0. The van der Waals surface area contributed by atoms with Gasteiger partial charge in [-0.25, -0.2) is 0 Å². The molecule has 1 N–H and O–H groups in total. The zero-order valence-corrected chi connectivity index (χ0v) is 9.19. The summed E-state index contributed by atoms with van der Waals surface area (Å²) in [5, 5.41) is 11.1. The van der Waals surface area contributed by atoms with E-state index in [4.69, 9.17) is 0 Å². The number of aromatic nitrogens is 2. The number of anilines is 1. The van der Waals surface area contributed by atoms with Crippen LogP contribution < -0.4 is 5.32 Å². The van der Waals surface area contributed by atoms with Gasteiger partial charge in [0.2, 0.25) is 0 Å². The highest BCUT2D eigenvalue weighted by Gasteiger charge is 2.26. The smallest absolute Gasteiger partial charge is 0.148 e. The lowest BCUT2D eigenvalue weighted by Crippen LogP contribution is -2.31. The fourth-order valence-electron chi connectivity index (χ4n) is 1.76. The van der Waals surface area contributed by atoms with Crippen LogP contribution in [0.25, 0.3) is 0 Å². The van der Waals surface area contributed by atoms with Gasteiger partial charge in [-0.15, -0.1) is 5.10 Å². The fourth-order valence-corrected chi connectivity index (χ4v) is 1.76. The van der Waals surface area contributed by atoms with Gasteiger partial charge >= 0.3 is 0 Å². The van der Waals surface area contributed by atoms with E-state index in [0.29, 0.717) is 0 Å². The molecule has 4 heteroatoms. The monoisotopic (exact) mass is 206 g/mol. The molecule has 0 saturated heterocycles. The molecule has 1 saturated carbocycles. The third kappa shape index (κ3) is 3.16. The van der Waals surface area contributed by atoms with Gasteiger partial charge in [0.25, 0.3) is 0 Å². The van der Waals surface area contributed by atoms with Crippen LogP contribution in [-0.4, -0.2) is 40.8 Å². The van der Waals surface area contributed by atoms with Gasteiger partial charge in [-0.2, -0.15) is 5.10 Å². The number of nitrogens with zero attached hydrogens (tertiary/aromatic N) is 3. The molecular formula is C11H18N4. The van der Waals surface area contributed by atoms with Gasteiger partial charge in [0.1, 0.15) is 5.82 Å². The summed E-state index contributed by atoms with van der Waals surface area (Å²) in [7, 11) is 0. The summed E-state index contributed by atoms with van der Waals surface area (Å²) in [4.78, 5) is 2.52. The van der Waals surface area contributed by atoms with Crippen LogP contribution in [0.15, 0.2) is 18.3 Å². The number of hydrogen-bond donors (Lipinski definition) is 1. The Bertz CT molecular complexity index is 284. The molecule has 0 radical (unpaired) electrons. The number of hydrogen-bond acceptors (Lipinski definition) is 4. The highest BCUT2D eigenvalue weighted by atomic mass is 15.2. The second-order valence-electron chi connectivity index (χ2n) is 3.90. The van der Waals surface area contributed by atoms with E-state index in [9.17, 15) is 0 Å². The molecule has 82 valence electrons. The van der Waals surface area contributed by atoms with E-state index in [1.807, 2.05) is 12.1 Å². The highest BCUT2D eigenvalue weighted by Crippen LogP contribution is 2.25. The predicted octanol–water partition coefficient (Wildman–Crippen LogP) is 1.37. The molecule has 0 atom stereocenters. The molecule has 15 heavy (non-hydrogen) atoms. The first kappa shape index (κ1) is 10.4. The summed E-state index contributed by atoms with van der Waals surface area (Å²) in [6, 6.07) is 4.69. The van der Waals surface area contributed by atoms with E-state index < -0.39 is 0 Å². The first-order valence-corrected chi connectivity index (χ1v) is 5.65. The van der Waals surface area contributed by atoms with Crippen molar-refractivity contribution in [2.24, 2.45) is 0 Å². The Kier molecular flexibility index (Phi) is 3.50. The maximum atomic E-state index is 3.98. The molecule has 1 fully saturated rings. The van der Waals surface area contributed by atoms with Crippen molar-refractivity contribution in [3.05, 3.63) is 18.3 Å². The van der Waals surface area contributed by atoms with Crippen LogP contribution in [0, 0.1) is 0 Å². The van der Waals surface area contributed by atoms with E-state index in [2.05, 4.69) is 27.3 Å². The van der Waals surface area contributed by atoms with Crippen molar-refractivity contribution in [1.29, 1.82) is 0 Å². The van der Waals surface area contributed by atoms with Crippen LogP contribution >= 0.6 is 0 Å². The number of rotatable bonds is 6. The molecule has 0 bridgehead atoms.